The summed E-state index contributed by atoms with van der Waals surface area (Å²) in [6.07, 6.45) is 0.946. The van der Waals surface area contributed by atoms with Crippen LogP contribution in [0.5, 0.6) is 0 Å². The zero-order chi connectivity index (χ0) is 17.8. The molecular formula is C18H23N3O2S2. The molecule has 0 aromatic carbocycles. The molecule has 2 aromatic heterocycles. The van der Waals surface area contributed by atoms with Crippen LogP contribution in [0.2, 0.25) is 0 Å². The first-order valence-corrected chi connectivity index (χ1v) is 10.2. The number of thiophene rings is 2. The lowest BCUT2D eigenvalue weighted by Crippen LogP contribution is -2.47. The van der Waals surface area contributed by atoms with Crippen LogP contribution in [0.25, 0.3) is 0 Å². The van der Waals surface area contributed by atoms with Crippen molar-refractivity contribution in [2.24, 2.45) is 5.92 Å². The van der Waals surface area contributed by atoms with Crippen molar-refractivity contribution in [2.75, 3.05) is 19.6 Å². The van der Waals surface area contributed by atoms with E-state index in [1.54, 1.807) is 22.7 Å². The third kappa shape index (κ3) is 4.48. The van der Waals surface area contributed by atoms with Gasteiger partial charge >= 0.3 is 6.03 Å². The summed E-state index contributed by atoms with van der Waals surface area (Å²) in [5.41, 5.74) is 1.29. The van der Waals surface area contributed by atoms with Gasteiger partial charge in [0.05, 0.1) is 12.6 Å². The fraction of sp³-hybridized carbons (Fsp3) is 0.444. The molecule has 0 bridgehead atoms. The molecule has 2 aromatic rings. The summed E-state index contributed by atoms with van der Waals surface area (Å²) >= 11 is 3.48. The highest BCUT2D eigenvalue weighted by molar-refractivity contribution is 7.10. The number of carbonyl (C=O) groups is 2. The standard InChI is InChI=1S/C18H23N3O2S2/c1-12(2)10-19-18(23)20-16(22)11-21-7-5-14-13(6-9-25-14)17(21)15-4-3-8-24-15/h3-4,6,8-9,12,17H,5,7,10-11H2,1-2H3,(H2,19,20,22,23). The highest BCUT2D eigenvalue weighted by Crippen LogP contribution is 2.39. The quantitative estimate of drug-likeness (QED) is 0.841. The van der Waals surface area contributed by atoms with Crippen LogP contribution < -0.4 is 10.6 Å². The molecule has 2 N–H and O–H groups in total. The van der Waals surface area contributed by atoms with E-state index in [0.717, 1.165) is 13.0 Å². The summed E-state index contributed by atoms with van der Waals surface area (Å²) in [6, 6.07) is 5.99. The zero-order valence-electron chi connectivity index (χ0n) is 14.5. The zero-order valence-corrected chi connectivity index (χ0v) is 16.1. The Hall–Kier alpha value is -1.70. The van der Waals surface area contributed by atoms with Crippen LogP contribution in [0, 0.1) is 5.92 Å². The van der Waals surface area contributed by atoms with Gasteiger partial charge in [0, 0.05) is 22.8 Å². The highest BCUT2D eigenvalue weighted by atomic mass is 32.1. The first-order chi connectivity index (χ1) is 12.0. The predicted molar refractivity (Wildman–Crippen MR) is 102 cm³/mol. The van der Waals surface area contributed by atoms with Crippen molar-refractivity contribution in [3.05, 3.63) is 44.3 Å². The van der Waals surface area contributed by atoms with Gasteiger partial charge in [-0.25, -0.2) is 4.79 Å². The summed E-state index contributed by atoms with van der Waals surface area (Å²) in [6.45, 7) is 5.61. The number of hydrogen-bond donors (Lipinski definition) is 2. The highest BCUT2D eigenvalue weighted by Gasteiger charge is 2.31. The van der Waals surface area contributed by atoms with E-state index < -0.39 is 6.03 Å². The Labute approximate surface area is 156 Å². The Balaban J connectivity index is 1.67. The second-order valence-corrected chi connectivity index (χ2v) is 8.57. The number of urea groups is 1. The minimum atomic E-state index is -0.417. The van der Waals surface area contributed by atoms with Gasteiger partial charge in [-0.15, -0.1) is 22.7 Å². The number of hydrogen-bond acceptors (Lipinski definition) is 5. The molecule has 0 saturated carbocycles. The van der Waals surface area contributed by atoms with Crippen molar-refractivity contribution in [1.29, 1.82) is 0 Å². The molecule has 0 radical (unpaired) electrons. The number of nitrogens with zero attached hydrogens (tertiary/aromatic N) is 1. The van der Waals surface area contributed by atoms with E-state index in [9.17, 15) is 9.59 Å². The van der Waals surface area contributed by atoms with Crippen molar-refractivity contribution >= 4 is 34.6 Å². The lowest BCUT2D eigenvalue weighted by molar-refractivity contribution is -0.121. The Morgan fingerprint density at radius 2 is 2.12 bits per heavy atom. The van der Waals surface area contributed by atoms with Gasteiger partial charge in [-0.05, 0) is 40.8 Å². The van der Waals surface area contributed by atoms with E-state index >= 15 is 0 Å². The van der Waals surface area contributed by atoms with Gasteiger partial charge in [-0.1, -0.05) is 19.9 Å². The van der Waals surface area contributed by atoms with Crippen molar-refractivity contribution in [2.45, 2.75) is 26.3 Å². The van der Waals surface area contributed by atoms with Gasteiger partial charge in [-0.3, -0.25) is 15.0 Å². The van der Waals surface area contributed by atoms with E-state index in [1.165, 1.54) is 15.3 Å². The predicted octanol–water partition coefficient (Wildman–Crippen LogP) is 3.24. The van der Waals surface area contributed by atoms with Crippen molar-refractivity contribution in [3.8, 4) is 0 Å². The Kier molecular flexibility index (Phi) is 5.88. The first-order valence-electron chi connectivity index (χ1n) is 8.46. The smallest absolute Gasteiger partial charge is 0.321 e. The third-order valence-electron chi connectivity index (χ3n) is 4.15. The van der Waals surface area contributed by atoms with E-state index in [0.29, 0.717) is 12.5 Å². The lowest BCUT2D eigenvalue weighted by Gasteiger charge is -2.34. The normalized spacial score (nSPS) is 17.3. The molecule has 7 heteroatoms. The van der Waals surface area contributed by atoms with Crippen LogP contribution in [0.3, 0.4) is 0 Å². The molecule has 3 amide bonds. The maximum atomic E-state index is 12.3. The molecule has 1 atom stereocenters. The number of rotatable bonds is 5. The number of carbonyl (C=O) groups excluding carboxylic acids is 2. The average molecular weight is 378 g/mol. The molecule has 3 heterocycles. The fourth-order valence-corrected chi connectivity index (χ4v) is 4.79. The molecule has 3 rings (SSSR count). The minimum absolute atomic E-state index is 0.0967. The number of nitrogens with one attached hydrogen (secondary N) is 2. The van der Waals surface area contributed by atoms with Gasteiger partial charge in [0.1, 0.15) is 0 Å². The van der Waals surface area contributed by atoms with Gasteiger partial charge in [0.25, 0.3) is 0 Å². The van der Waals surface area contributed by atoms with Crippen LogP contribution in [-0.2, 0) is 11.2 Å². The average Bonchev–Trinajstić information content (AvgIpc) is 3.23. The summed E-state index contributed by atoms with van der Waals surface area (Å²) in [4.78, 5) is 28.9. The molecule has 1 aliphatic rings. The second kappa shape index (κ2) is 8.12. The van der Waals surface area contributed by atoms with Crippen molar-refractivity contribution < 1.29 is 9.59 Å². The van der Waals surface area contributed by atoms with Crippen LogP contribution in [0.4, 0.5) is 4.79 Å². The van der Waals surface area contributed by atoms with E-state index in [2.05, 4.69) is 38.4 Å². The SMILES string of the molecule is CC(C)CNC(=O)NC(=O)CN1CCc2sccc2C1c1cccs1. The largest absolute Gasteiger partial charge is 0.338 e. The van der Waals surface area contributed by atoms with Gasteiger partial charge < -0.3 is 5.32 Å². The van der Waals surface area contributed by atoms with Crippen LogP contribution in [0.15, 0.2) is 29.0 Å². The molecular weight excluding hydrogens is 354 g/mol. The number of amides is 3. The molecule has 0 fully saturated rings. The maximum absolute atomic E-state index is 12.3. The first kappa shape index (κ1) is 18.1. The molecule has 5 nitrogen and oxygen atoms in total. The summed E-state index contributed by atoms with van der Waals surface area (Å²) < 4.78 is 0. The summed E-state index contributed by atoms with van der Waals surface area (Å²) in [7, 11) is 0. The topological polar surface area (TPSA) is 61.4 Å². The number of imide groups is 1. The Morgan fingerprint density at radius 1 is 1.28 bits per heavy atom. The molecule has 134 valence electrons. The van der Waals surface area contributed by atoms with Gasteiger partial charge in [0.15, 0.2) is 0 Å². The fourth-order valence-electron chi connectivity index (χ4n) is 3.01. The Bertz CT molecular complexity index is 725. The van der Waals surface area contributed by atoms with Crippen LogP contribution in [-0.4, -0.2) is 36.5 Å². The lowest BCUT2D eigenvalue weighted by atomic mass is 9.98. The van der Waals surface area contributed by atoms with Gasteiger partial charge in [0.2, 0.25) is 5.91 Å². The monoisotopic (exact) mass is 377 g/mol. The summed E-state index contributed by atoms with van der Waals surface area (Å²) in [5.74, 6) is 0.0876. The Morgan fingerprint density at radius 3 is 2.84 bits per heavy atom. The molecule has 1 unspecified atom stereocenters. The van der Waals surface area contributed by atoms with Crippen molar-refractivity contribution in [3.63, 3.8) is 0 Å². The van der Waals surface area contributed by atoms with Crippen LogP contribution in [0.1, 0.15) is 35.2 Å². The van der Waals surface area contributed by atoms with Crippen LogP contribution >= 0.6 is 22.7 Å². The van der Waals surface area contributed by atoms with E-state index in [4.69, 9.17) is 0 Å². The van der Waals surface area contributed by atoms with Crippen molar-refractivity contribution in [1.82, 2.24) is 15.5 Å². The van der Waals surface area contributed by atoms with E-state index in [1.807, 2.05) is 19.9 Å². The third-order valence-corrected chi connectivity index (χ3v) is 6.07. The number of fused-ring (bicyclic) bond motifs is 1. The molecule has 0 aliphatic carbocycles. The molecule has 1 aliphatic heterocycles. The molecule has 25 heavy (non-hydrogen) atoms. The maximum Gasteiger partial charge on any atom is 0.321 e. The summed E-state index contributed by atoms with van der Waals surface area (Å²) in [5, 5.41) is 9.34. The second-order valence-electron chi connectivity index (χ2n) is 6.59. The van der Waals surface area contributed by atoms with E-state index in [-0.39, 0.29) is 18.5 Å². The molecule has 0 saturated heterocycles. The minimum Gasteiger partial charge on any atom is -0.338 e. The molecule has 0 spiro atoms. The van der Waals surface area contributed by atoms with Gasteiger partial charge in [-0.2, -0.15) is 0 Å².